The van der Waals surface area contributed by atoms with Crippen LogP contribution in [0.1, 0.15) is 64.0 Å². The molecule has 0 atom stereocenters. The van der Waals surface area contributed by atoms with Gasteiger partial charge in [0.05, 0.1) is 13.2 Å². The summed E-state index contributed by atoms with van der Waals surface area (Å²) in [4.78, 5) is 0. The second kappa shape index (κ2) is 11.6. The van der Waals surface area contributed by atoms with E-state index in [1.165, 1.54) is 0 Å². The fraction of sp³-hybridized carbons (Fsp3) is 0.478. The minimum absolute atomic E-state index is 0.637. The lowest BCUT2D eigenvalue weighted by Crippen LogP contribution is -2.06. The van der Waals surface area contributed by atoms with E-state index in [2.05, 4.69) is 38.8 Å². The number of rotatable bonds is 13. The van der Waals surface area contributed by atoms with Crippen molar-refractivity contribution in [2.45, 2.75) is 59.3 Å². The van der Waals surface area contributed by atoms with E-state index in [1.807, 2.05) is 19.9 Å². The molecule has 0 aliphatic carbocycles. The van der Waals surface area contributed by atoms with Gasteiger partial charge in [-0.05, 0) is 57.2 Å². The Morgan fingerprint density at radius 3 is 2.20 bits per heavy atom. The van der Waals surface area contributed by atoms with Crippen molar-refractivity contribution in [3.63, 3.8) is 0 Å². The summed E-state index contributed by atoms with van der Waals surface area (Å²) in [5, 5.41) is 0. The average Bonchev–Trinajstić information content (AvgIpc) is 2.56. The number of hydrogen-bond acceptors (Lipinski definition) is 2. The van der Waals surface area contributed by atoms with E-state index in [-0.39, 0.29) is 0 Å². The third-order valence-corrected chi connectivity index (χ3v) is 4.04. The molecule has 0 amide bonds. The fourth-order valence-electron chi connectivity index (χ4n) is 2.46. The lowest BCUT2D eigenvalue weighted by atomic mass is 10.00. The summed E-state index contributed by atoms with van der Waals surface area (Å²) in [5.74, 6) is 1.85. The van der Waals surface area contributed by atoms with Crippen molar-refractivity contribution < 1.29 is 9.47 Å². The maximum absolute atomic E-state index is 6.11. The van der Waals surface area contributed by atoms with Crippen LogP contribution in [0.4, 0.5) is 0 Å². The monoisotopic (exact) mass is 342 g/mol. The van der Waals surface area contributed by atoms with E-state index in [1.54, 1.807) is 0 Å². The van der Waals surface area contributed by atoms with Crippen LogP contribution in [0, 0.1) is 0 Å². The fourth-order valence-corrected chi connectivity index (χ4v) is 2.46. The number of hydrogen-bond donors (Lipinski definition) is 0. The predicted molar refractivity (Wildman–Crippen MR) is 110 cm³/mol. The molecule has 138 valence electrons. The lowest BCUT2D eigenvalue weighted by molar-refractivity contribution is 0.292. The summed E-state index contributed by atoms with van der Waals surface area (Å²) in [6.07, 6.45) is 7.94. The number of unbranched alkanes of at least 4 members (excludes halogenated alkanes) is 2. The van der Waals surface area contributed by atoms with Crippen molar-refractivity contribution in [2.75, 3.05) is 13.2 Å². The van der Waals surface area contributed by atoms with E-state index in [0.29, 0.717) is 6.61 Å². The van der Waals surface area contributed by atoms with Gasteiger partial charge >= 0.3 is 0 Å². The van der Waals surface area contributed by atoms with Crippen LogP contribution in [0.15, 0.2) is 43.5 Å². The summed E-state index contributed by atoms with van der Waals surface area (Å²) < 4.78 is 12.2. The molecule has 0 aromatic heterocycles. The summed E-state index contributed by atoms with van der Waals surface area (Å²) >= 11 is 0. The predicted octanol–water partition coefficient (Wildman–Crippen LogP) is 6.75. The van der Waals surface area contributed by atoms with Gasteiger partial charge in [-0.1, -0.05) is 37.1 Å². The SMILES string of the molecule is C=CCCCc1c(OCCCC)cc(C(=C)C)cc1OCCC(=C)C. The Bertz CT molecular complexity index is 584. The van der Waals surface area contributed by atoms with Gasteiger partial charge in [0.25, 0.3) is 0 Å². The zero-order valence-electron chi connectivity index (χ0n) is 16.3. The Labute approximate surface area is 154 Å². The number of benzene rings is 1. The van der Waals surface area contributed by atoms with Gasteiger partial charge in [0.1, 0.15) is 11.5 Å². The van der Waals surface area contributed by atoms with Gasteiger partial charge < -0.3 is 9.47 Å². The topological polar surface area (TPSA) is 18.5 Å². The first-order valence-electron chi connectivity index (χ1n) is 9.33. The molecule has 0 saturated heterocycles. The van der Waals surface area contributed by atoms with E-state index in [0.717, 1.165) is 78.9 Å². The second-order valence-electron chi connectivity index (χ2n) is 6.67. The van der Waals surface area contributed by atoms with Crippen LogP contribution in [0.5, 0.6) is 11.5 Å². The van der Waals surface area contributed by atoms with Gasteiger partial charge in [0.15, 0.2) is 0 Å². The highest BCUT2D eigenvalue weighted by atomic mass is 16.5. The van der Waals surface area contributed by atoms with Crippen molar-refractivity contribution >= 4 is 5.57 Å². The molecule has 0 aliphatic rings. The molecule has 0 fully saturated rings. The van der Waals surface area contributed by atoms with Gasteiger partial charge in [-0.15, -0.1) is 13.2 Å². The van der Waals surface area contributed by atoms with Crippen LogP contribution in [0.25, 0.3) is 5.57 Å². The average molecular weight is 343 g/mol. The zero-order valence-corrected chi connectivity index (χ0v) is 16.3. The van der Waals surface area contributed by atoms with E-state index >= 15 is 0 Å². The first-order chi connectivity index (χ1) is 12.0. The largest absolute Gasteiger partial charge is 0.493 e. The summed E-state index contributed by atoms with van der Waals surface area (Å²) in [6.45, 7) is 19.4. The Morgan fingerprint density at radius 1 is 1.04 bits per heavy atom. The smallest absolute Gasteiger partial charge is 0.126 e. The van der Waals surface area contributed by atoms with Crippen molar-refractivity contribution in [3.8, 4) is 11.5 Å². The van der Waals surface area contributed by atoms with Crippen LogP contribution >= 0.6 is 0 Å². The molecular formula is C23H34O2. The third-order valence-electron chi connectivity index (χ3n) is 4.04. The van der Waals surface area contributed by atoms with Gasteiger partial charge in [-0.2, -0.15) is 0 Å². The summed E-state index contributed by atoms with van der Waals surface area (Å²) in [6, 6.07) is 4.20. The van der Waals surface area contributed by atoms with Gasteiger partial charge in [-0.25, -0.2) is 0 Å². The quantitative estimate of drug-likeness (QED) is 0.291. The first kappa shape index (κ1) is 21.1. The summed E-state index contributed by atoms with van der Waals surface area (Å²) in [5.41, 5.74) is 4.38. The maximum Gasteiger partial charge on any atom is 0.126 e. The highest BCUT2D eigenvalue weighted by molar-refractivity contribution is 5.66. The van der Waals surface area contributed by atoms with Crippen LogP contribution in [-0.4, -0.2) is 13.2 Å². The highest BCUT2D eigenvalue weighted by Gasteiger charge is 2.14. The van der Waals surface area contributed by atoms with Crippen LogP contribution in [0.2, 0.25) is 0 Å². The Morgan fingerprint density at radius 2 is 1.68 bits per heavy atom. The van der Waals surface area contributed by atoms with E-state index in [4.69, 9.17) is 9.47 Å². The molecule has 1 rings (SSSR count). The molecular weight excluding hydrogens is 308 g/mol. The Balaban J connectivity index is 3.12. The minimum Gasteiger partial charge on any atom is -0.493 e. The van der Waals surface area contributed by atoms with Crippen molar-refractivity contribution in [1.82, 2.24) is 0 Å². The molecule has 0 bridgehead atoms. The molecule has 0 unspecified atom stereocenters. The van der Waals surface area contributed by atoms with Crippen LogP contribution < -0.4 is 9.47 Å². The number of ether oxygens (including phenoxy) is 2. The molecule has 0 heterocycles. The normalized spacial score (nSPS) is 10.4. The highest BCUT2D eigenvalue weighted by Crippen LogP contribution is 2.35. The van der Waals surface area contributed by atoms with Gasteiger partial charge in [-0.3, -0.25) is 0 Å². The van der Waals surface area contributed by atoms with Gasteiger partial charge in [0.2, 0.25) is 0 Å². The first-order valence-corrected chi connectivity index (χ1v) is 9.33. The molecule has 0 aliphatic heterocycles. The van der Waals surface area contributed by atoms with Crippen LogP contribution in [0.3, 0.4) is 0 Å². The molecule has 0 radical (unpaired) electrons. The number of allylic oxidation sites excluding steroid dienone is 2. The maximum atomic E-state index is 6.11. The molecule has 1 aromatic rings. The molecule has 2 heteroatoms. The van der Waals surface area contributed by atoms with E-state index in [9.17, 15) is 0 Å². The third kappa shape index (κ3) is 7.64. The molecule has 0 spiro atoms. The standard InChI is InChI=1S/C23H34O2/c1-7-9-11-12-21-22(24-14-10-8-2)16-20(19(5)6)17-23(21)25-15-13-18(3)4/h7,16-17H,1,3,5,8-15H2,2,4,6H3. The zero-order chi connectivity index (χ0) is 18.7. The second-order valence-corrected chi connectivity index (χ2v) is 6.67. The van der Waals surface area contributed by atoms with Crippen molar-refractivity contribution in [3.05, 3.63) is 54.6 Å². The van der Waals surface area contributed by atoms with Crippen LogP contribution in [-0.2, 0) is 6.42 Å². The van der Waals surface area contributed by atoms with E-state index < -0.39 is 0 Å². The molecule has 25 heavy (non-hydrogen) atoms. The molecule has 0 saturated carbocycles. The molecule has 0 N–H and O–H groups in total. The summed E-state index contributed by atoms with van der Waals surface area (Å²) in [7, 11) is 0. The van der Waals surface area contributed by atoms with Gasteiger partial charge in [0, 0.05) is 12.0 Å². The minimum atomic E-state index is 0.637. The Kier molecular flexibility index (Phi) is 9.76. The Hall–Kier alpha value is -1.96. The lowest BCUT2D eigenvalue weighted by Gasteiger charge is -2.18. The molecule has 2 nitrogen and oxygen atoms in total. The van der Waals surface area contributed by atoms with Crippen molar-refractivity contribution in [2.24, 2.45) is 0 Å². The van der Waals surface area contributed by atoms with Crippen molar-refractivity contribution in [1.29, 1.82) is 0 Å². The molecule has 1 aromatic carbocycles.